The first kappa shape index (κ1) is 13.9. The quantitative estimate of drug-likeness (QED) is 0.777. The zero-order valence-electron chi connectivity index (χ0n) is 10.8. The van der Waals surface area contributed by atoms with Crippen LogP contribution in [0.25, 0.3) is 0 Å². The highest BCUT2D eigenvalue weighted by Crippen LogP contribution is 2.33. The van der Waals surface area contributed by atoms with E-state index in [0.29, 0.717) is 19.6 Å². The molecule has 0 aromatic heterocycles. The number of carboxylic acids is 1. The molecular formula is C13H19NO5. The normalized spacial score (nSPS) is 30.3. The lowest BCUT2D eigenvalue weighted by molar-refractivity contribution is -0.146. The molecule has 2 rings (SSSR count). The Balaban J connectivity index is 2.09. The Morgan fingerprint density at radius 3 is 3.00 bits per heavy atom. The van der Waals surface area contributed by atoms with E-state index in [4.69, 9.17) is 14.6 Å². The van der Waals surface area contributed by atoms with Crippen molar-refractivity contribution < 1.29 is 24.2 Å². The summed E-state index contributed by atoms with van der Waals surface area (Å²) in [5.41, 5.74) is 0. The smallest absolute Gasteiger partial charge is 0.410 e. The zero-order valence-corrected chi connectivity index (χ0v) is 10.8. The van der Waals surface area contributed by atoms with E-state index in [1.165, 1.54) is 6.08 Å². The second-order valence-corrected chi connectivity index (χ2v) is 4.98. The molecule has 0 aromatic carbocycles. The minimum atomic E-state index is -0.870. The molecule has 0 aliphatic carbocycles. The number of nitrogens with zero attached hydrogens (tertiary/aromatic N) is 1. The largest absolute Gasteiger partial charge is 0.481 e. The highest BCUT2D eigenvalue weighted by molar-refractivity contribution is 5.73. The van der Waals surface area contributed by atoms with Gasteiger partial charge < -0.3 is 19.5 Å². The summed E-state index contributed by atoms with van der Waals surface area (Å²) >= 11 is 0. The second-order valence-electron chi connectivity index (χ2n) is 4.98. The number of rotatable bonds is 3. The molecule has 0 unspecified atom stereocenters. The number of ether oxygens (including phenoxy) is 2. The second kappa shape index (κ2) is 6.06. The topological polar surface area (TPSA) is 76.1 Å². The summed E-state index contributed by atoms with van der Waals surface area (Å²) in [6, 6.07) is 0.0293. The minimum Gasteiger partial charge on any atom is -0.481 e. The predicted molar refractivity (Wildman–Crippen MR) is 66.7 cm³/mol. The summed E-state index contributed by atoms with van der Waals surface area (Å²) < 4.78 is 10.4. The molecule has 0 saturated carbocycles. The van der Waals surface area contributed by atoms with E-state index in [1.54, 1.807) is 4.90 Å². The van der Waals surface area contributed by atoms with E-state index in [2.05, 4.69) is 6.58 Å². The molecule has 0 bridgehead atoms. The van der Waals surface area contributed by atoms with E-state index in [0.717, 1.165) is 6.42 Å². The van der Waals surface area contributed by atoms with Crippen molar-refractivity contribution in [1.29, 1.82) is 0 Å². The fourth-order valence-electron chi connectivity index (χ4n) is 2.84. The van der Waals surface area contributed by atoms with Gasteiger partial charge in [-0.25, -0.2) is 4.79 Å². The highest BCUT2D eigenvalue weighted by Gasteiger charge is 2.43. The summed E-state index contributed by atoms with van der Waals surface area (Å²) in [5.74, 6) is -1.33. The van der Waals surface area contributed by atoms with Crippen molar-refractivity contribution in [3.8, 4) is 0 Å². The molecule has 1 N–H and O–H groups in total. The molecule has 0 aromatic rings. The molecule has 2 heterocycles. The van der Waals surface area contributed by atoms with E-state index >= 15 is 0 Å². The minimum absolute atomic E-state index is 0.0293. The molecule has 106 valence electrons. The van der Waals surface area contributed by atoms with Crippen molar-refractivity contribution in [1.82, 2.24) is 4.90 Å². The van der Waals surface area contributed by atoms with Gasteiger partial charge in [0.15, 0.2) is 0 Å². The van der Waals surface area contributed by atoms with Crippen molar-refractivity contribution >= 4 is 12.1 Å². The zero-order chi connectivity index (χ0) is 13.8. The van der Waals surface area contributed by atoms with Crippen molar-refractivity contribution in [3.05, 3.63) is 12.7 Å². The van der Waals surface area contributed by atoms with Gasteiger partial charge in [-0.1, -0.05) is 12.7 Å². The third-order valence-electron chi connectivity index (χ3n) is 3.75. The summed E-state index contributed by atoms with van der Waals surface area (Å²) in [4.78, 5) is 24.7. The average molecular weight is 269 g/mol. The molecule has 0 radical (unpaired) electrons. The van der Waals surface area contributed by atoms with Crippen molar-refractivity contribution in [3.63, 3.8) is 0 Å². The van der Waals surface area contributed by atoms with Crippen molar-refractivity contribution in [2.24, 2.45) is 11.8 Å². The molecule has 1 amide bonds. The van der Waals surface area contributed by atoms with Gasteiger partial charge in [0, 0.05) is 25.1 Å². The number of hydrogen-bond acceptors (Lipinski definition) is 4. The summed E-state index contributed by atoms with van der Waals surface area (Å²) in [6.07, 6.45) is 2.34. The van der Waals surface area contributed by atoms with Gasteiger partial charge in [-0.05, 0) is 12.8 Å². The molecule has 3 atom stereocenters. The molecule has 6 nitrogen and oxygen atoms in total. The number of carboxylic acid groups (broad SMARTS) is 1. The fraction of sp³-hybridized carbons (Fsp3) is 0.692. The third kappa shape index (κ3) is 3.07. The number of carbonyl (C=O) groups is 2. The van der Waals surface area contributed by atoms with Gasteiger partial charge >= 0.3 is 12.1 Å². The van der Waals surface area contributed by atoms with Gasteiger partial charge in [-0.15, -0.1) is 0 Å². The Hall–Kier alpha value is -1.56. The van der Waals surface area contributed by atoms with Crippen LogP contribution in [0, 0.1) is 11.8 Å². The van der Waals surface area contributed by atoms with Crippen LogP contribution in [0.1, 0.15) is 12.8 Å². The number of piperidine rings is 1. The fourth-order valence-corrected chi connectivity index (χ4v) is 2.84. The van der Waals surface area contributed by atoms with Gasteiger partial charge in [-0.3, -0.25) is 4.79 Å². The van der Waals surface area contributed by atoms with E-state index < -0.39 is 18.0 Å². The van der Waals surface area contributed by atoms with Gasteiger partial charge in [0.05, 0.1) is 12.5 Å². The summed E-state index contributed by atoms with van der Waals surface area (Å²) in [6.45, 7) is 4.96. The molecule has 2 aliphatic heterocycles. The molecule has 19 heavy (non-hydrogen) atoms. The summed E-state index contributed by atoms with van der Waals surface area (Å²) in [7, 11) is 0. The number of hydrogen-bond donors (Lipinski definition) is 1. The average Bonchev–Trinajstić information content (AvgIpc) is 2.43. The molecule has 2 saturated heterocycles. The van der Waals surface area contributed by atoms with Crippen LogP contribution < -0.4 is 0 Å². The number of likely N-dealkylation sites (tertiary alicyclic amines) is 1. The van der Waals surface area contributed by atoms with Crippen LogP contribution in [0.2, 0.25) is 0 Å². The van der Waals surface area contributed by atoms with Crippen LogP contribution in [-0.4, -0.2) is 54.5 Å². The van der Waals surface area contributed by atoms with Crippen LogP contribution in [0.4, 0.5) is 4.79 Å². The van der Waals surface area contributed by atoms with Crippen LogP contribution in [0.5, 0.6) is 0 Å². The highest BCUT2D eigenvalue weighted by atomic mass is 16.6. The van der Waals surface area contributed by atoms with Gasteiger partial charge in [-0.2, -0.15) is 0 Å². The van der Waals surface area contributed by atoms with Crippen LogP contribution >= 0.6 is 0 Å². The van der Waals surface area contributed by atoms with Crippen LogP contribution in [0.15, 0.2) is 12.7 Å². The SMILES string of the molecule is C=CCOC(=O)N1C[C@@H](C(=O)O)C[C@H]2COCC[C@@H]21. The van der Waals surface area contributed by atoms with Gasteiger partial charge in [0.2, 0.25) is 0 Å². The number of amides is 1. The first-order valence-corrected chi connectivity index (χ1v) is 6.48. The lowest BCUT2D eigenvalue weighted by Gasteiger charge is -2.45. The van der Waals surface area contributed by atoms with E-state index in [1.807, 2.05) is 0 Å². The Morgan fingerprint density at radius 1 is 1.53 bits per heavy atom. The Bertz CT molecular complexity index is 370. The lowest BCUT2D eigenvalue weighted by atomic mass is 9.81. The molecule has 6 heteroatoms. The third-order valence-corrected chi connectivity index (χ3v) is 3.75. The number of fused-ring (bicyclic) bond motifs is 1. The Labute approximate surface area is 112 Å². The summed E-state index contributed by atoms with van der Waals surface area (Å²) in [5, 5.41) is 9.17. The molecule has 0 spiro atoms. The molecule has 2 fully saturated rings. The van der Waals surface area contributed by atoms with E-state index in [-0.39, 0.29) is 25.1 Å². The Kier molecular flexibility index (Phi) is 4.42. The maximum absolute atomic E-state index is 12.0. The van der Waals surface area contributed by atoms with E-state index in [9.17, 15) is 9.59 Å². The first-order valence-electron chi connectivity index (χ1n) is 6.48. The monoisotopic (exact) mass is 269 g/mol. The van der Waals surface area contributed by atoms with Gasteiger partial charge in [0.1, 0.15) is 6.61 Å². The Morgan fingerprint density at radius 2 is 2.32 bits per heavy atom. The number of aliphatic carboxylic acids is 1. The van der Waals surface area contributed by atoms with Gasteiger partial charge in [0.25, 0.3) is 0 Å². The first-order chi connectivity index (χ1) is 9.13. The predicted octanol–water partition coefficient (Wildman–Crippen LogP) is 1.12. The maximum Gasteiger partial charge on any atom is 0.410 e. The molecular weight excluding hydrogens is 250 g/mol. The maximum atomic E-state index is 12.0. The van der Waals surface area contributed by atoms with Crippen molar-refractivity contribution in [2.45, 2.75) is 18.9 Å². The molecule has 2 aliphatic rings. The standard InChI is InChI=1S/C13H19NO5/c1-2-4-19-13(17)14-7-9(12(15)16)6-10-8-18-5-3-11(10)14/h2,9-11H,1,3-8H2,(H,15,16)/t9-,10-,11-/m0/s1. The number of carbonyl (C=O) groups excluding carboxylic acids is 1. The van der Waals surface area contributed by atoms with Crippen molar-refractivity contribution in [2.75, 3.05) is 26.4 Å². The lowest BCUT2D eigenvalue weighted by Crippen LogP contribution is -2.56. The van der Waals surface area contributed by atoms with Crippen LogP contribution in [-0.2, 0) is 14.3 Å². The van der Waals surface area contributed by atoms with Crippen LogP contribution in [0.3, 0.4) is 0 Å².